The van der Waals surface area contributed by atoms with E-state index < -0.39 is 0 Å². The van der Waals surface area contributed by atoms with Crippen LogP contribution in [0.1, 0.15) is 55.5 Å². The summed E-state index contributed by atoms with van der Waals surface area (Å²) in [5.41, 5.74) is 2.40. The third-order valence-electron chi connectivity index (χ3n) is 6.43. The van der Waals surface area contributed by atoms with Gasteiger partial charge in [0.25, 0.3) is 0 Å². The molecule has 0 bridgehead atoms. The predicted octanol–water partition coefficient (Wildman–Crippen LogP) is 5.40. The normalized spacial score (nSPS) is 18.6. The van der Waals surface area contributed by atoms with Gasteiger partial charge < -0.3 is 14.5 Å². The van der Waals surface area contributed by atoms with Crippen LogP contribution >= 0.6 is 11.3 Å². The van der Waals surface area contributed by atoms with Crippen LogP contribution < -0.4 is 4.74 Å². The Morgan fingerprint density at radius 3 is 2.17 bits per heavy atom. The fourth-order valence-electron chi connectivity index (χ4n) is 4.58. The standard InChI is InChI=1S/C25H37N3OS/c1-21-24(13-19-28-16-6-3-7-17-28)30-25(26-21)22-9-11-23(12-10-22)29-20-8-18-27-14-4-2-5-15-27/h9-12H,2-8,13-20H2,1H3. The minimum atomic E-state index is 0.798. The van der Waals surface area contributed by atoms with Gasteiger partial charge in [-0.3, -0.25) is 0 Å². The number of nitrogens with zero attached hydrogens (tertiary/aromatic N) is 3. The molecule has 0 spiro atoms. The second kappa shape index (κ2) is 11.3. The van der Waals surface area contributed by atoms with Crippen LogP contribution in [-0.4, -0.2) is 60.7 Å². The van der Waals surface area contributed by atoms with E-state index in [0.29, 0.717) is 0 Å². The molecule has 2 saturated heterocycles. The lowest BCUT2D eigenvalue weighted by Gasteiger charge is -2.26. The molecule has 2 aromatic rings. The van der Waals surface area contributed by atoms with Gasteiger partial charge in [-0.1, -0.05) is 12.8 Å². The van der Waals surface area contributed by atoms with Gasteiger partial charge in [-0.25, -0.2) is 4.98 Å². The zero-order valence-electron chi connectivity index (χ0n) is 18.6. The lowest BCUT2D eigenvalue weighted by Crippen LogP contribution is -2.31. The smallest absolute Gasteiger partial charge is 0.123 e. The SMILES string of the molecule is Cc1nc(-c2ccc(OCCCN3CCCCC3)cc2)sc1CCN1CCCCC1. The topological polar surface area (TPSA) is 28.6 Å². The van der Waals surface area contributed by atoms with Gasteiger partial charge in [0.05, 0.1) is 12.3 Å². The van der Waals surface area contributed by atoms with Gasteiger partial charge in [-0.2, -0.15) is 0 Å². The van der Waals surface area contributed by atoms with E-state index in [-0.39, 0.29) is 0 Å². The maximum Gasteiger partial charge on any atom is 0.123 e. The summed E-state index contributed by atoms with van der Waals surface area (Å²) in [6, 6.07) is 8.51. The van der Waals surface area contributed by atoms with Crippen molar-refractivity contribution in [2.45, 2.75) is 58.3 Å². The van der Waals surface area contributed by atoms with Gasteiger partial charge in [0.1, 0.15) is 10.8 Å². The highest BCUT2D eigenvalue weighted by Crippen LogP contribution is 2.30. The first-order chi connectivity index (χ1) is 14.8. The maximum absolute atomic E-state index is 5.97. The van der Waals surface area contributed by atoms with Crippen molar-refractivity contribution in [2.75, 3.05) is 45.9 Å². The van der Waals surface area contributed by atoms with Crippen LogP contribution in [0.15, 0.2) is 24.3 Å². The molecule has 0 unspecified atom stereocenters. The van der Waals surface area contributed by atoms with Crippen molar-refractivity contribution in [3.8, 4) is 16.3 Å². The summed E-state index contributed by atoms with van der Waals surface area (Å²) >= 11 is 1.86. The van der Waals surface area contributed by atoms with Gasteiger partial charge in [-0.05, 0) is 95.9 Å². The summed E-state index contributed by atoms with van der Waals surface area (Å²) in [5, 5.41) is 1.14. The van der Waals surface area contributed by atoms with Crippen LogP contribution in [0.2, 0.25) is 0 Å². The number of hydrogen-bond acceptors (Lipinski definition) is 5. The Morgan fingerprint density at radius 1 is 0.867 bits per heavy atom. The molecule has 5 heteroatoms. The average molecular weight is 428 g/mol. The average Bonchev–Trinajstić information content (AvgIpc) is 3.17. The summed E-state index contributed by atoms with van der Waals surface area (Å²) < 4.78 is 5.97. The first-order valence-electron chi connectivity index (χ1n) is 11.9. The number of benzene rings is 1. The molecule has 30 heavy (non-hydrogen) atoms. The second-order valence-corrected chi connectivity index (χ2v) is 9.89. The fourth-order valence-corrected chi connectivity index (χ4v) is 5.64. The Balaban J connectivity index is 1.24. The molecule has 0 atom stereocenters. The second-order valence-electron chi connectivity index (χ2n) is 8.81. The number of thiazole rings is 1. The summed E-state index contributed by atoms with van der Waals surface area (Å²) in [7, 11) is 0. The van der Waals surface area contributed by atoms with Crippen molar-refractivity contribution >= 4 is 11.3 Å². The summed E-state index contributed by atoms with van der Waals surface area (Å²) in [4.78, 5) is 11.5. The number of ether oxygens (including phenoxy) is 1. The van der Waals surface area contributed by atoms with Crippen molar-refractivity contribution in [1.29, 1.82) is 0 Å². The largest absolute Gasteiger partial charge is 0.494 e. The monoisotopic (exact) mass is 427 g/mol. The summed E-state index contributed by atoms with van der Waals surface area (Å²) in [5.74, 6) is 0.969. The molecule has 0 aliphatic carbocycles. The Morgan fingerprint density at radius 2 is 1.50 bits per heavy atom. The van der Waals surface area contributed by atoms with E-state index in [4.69, 9.17) is 9.72 Å². The van der Waals surface area contributed by atoms with Gasteiger partial charge in [0.15, 0.2) is 0 Å². The number of aromatic nitrogens is 1. The molecular formula is C25H37N3OS. The summed E-state index contributed by atoms with van der Waals surface area (Å²) in [6.45, 7) is 10.4. The molecule has 164 valence electrons. The highest BCUT2D eigenvalue weighted by molar-refractivity contribution is 7.15. The lowest BCUT2D eigenvalue weighted by molar-refractivity contribution is 0.205. The van der Waals surface area contributed by atoms with Gasteiger partial charge in [0.2, 0.25) is 0 Å². The molecule has 2 aliphatic heterocycles. The third kappa shape index (κ3) is 6.29. The van der Waals surface area contributed by atoms with Crippen LogP contribution in [0.25, 0.3) is 10.6 Å². The van der Waals surface area contributed by atoms with Crippen molar-refractivity contribution in [2.24, 2.45) is 0 Å². The zero-order valence-corrected chi connectivity index (χ0v) is 19.4. The highest BCUT2D eigenvalue weighted by Gasteiger charge is 2.14. The van der Waals surface area contributed by atoms with E-state index in [1.165, 1.54) is 87.4 Å². The Kier molecular flexibility index (Phi) is 8.18. The van der Waals surface area contributed by atoms with Crippen LogP contribution in [-0.2, 0) is 6.42 Å². The Hall–Kier alpha value is -1.43. The van der Waals surface area contributed by atoms with Crippen molar-refractivity contribution in [3.05, 3.63) is 34.8 Å². The zero-order chi connectivity index (χ0) is 20.6. The van der Waals surface area contributed by atoms with E-state index in [1.807, 2.05) is 11.3 Å². The molecular weight excluding hydrogens is 390 g/mol. The molecule has 0 saturated carbocycles. The first kappa shape index (κ1) is 21.8. The molecule has 4 rings (SSSR count). The van der Waals surface area contributed by atoms with Crippen LogP contribution in [0.3, 0.4) is 0 Å². The molecule has 0 radical (unpaired) electrons. The van der Waals surface area contributed by atoms with Crippen LogP contribution in [0.5, 0.6) is 5.75 Å². The molecule has 1 aromatic heterocycles. The molecule has 3 heterocycles. The van der Waals surface area contributed by atoms with E-state index >= 15 is 0 Å². The van der Waals surface area contributed by atoms with E-state index in [1.54, 1.807) is 0 Å². The first-order valence-corrected chi connectivity index (χ1v) is 12.7. The third-order valence-corrected chi connectivity index (χ3v) is 7.70. The quantitative estimate of drug-likeness (QED) is 0.501. The number of aryl methyl sites for hydroxylation is 1. The summed E-state index contributed by atoms with van der Waals surface area (Å²) in [6.07, 6.45) is 10.5. The van der Waals surface area contributed by atoms with Crippen molar-refractivity contribution < 1.29 is 4.74 Å². The number of hydrogen-bond donors (Lipinski definition) is 0. The predicted molar refractivity (Wildman–Crippen MR) is 127 cm³/mol. The minimum Gasteiger partial charge on any atom is -0.494 e. The highest BCUT2D eigenvalue weighted by atomic mass is 32.1. The lowest BCUT2D eigenvalue weighted by atomic mass is 10.1. The van der Waals surface area contributed by atoms with Crippen LogP contribution in [0, 0.1) is 6.92 Å². The molecule has 1 aromatic carbocycles. The number of rotatable bonds is 9. The molecule has 2 fully saturated rings. The molecule has 0 amide bonds. The van der Waals surface area contributed by atoms with Gasteiger partial charge >= 0.3 is 0 Å². The van der Waals surface area contributed by atoms with E-state index in [9.17, 15) is 0 Å². The van der Waals surface area contributed by atoms with Gasteiger partial charge in [-0.15, -0.1) is 11.3 Å². The van der Waals surface area contributed by atoms with E-state index in [0.717, 1.165) is 36.8 Å². The molecule has 0 N–H and O–H groups in total. The number of piperidine rings is 2. The Labute approximate surface area is 186 Å². The van der Waals surface area contributed by atoms with Crippen molar-refractivity contribution in [1.82, 2.24) is 14.8 Å². The number of likely N-dealkylation sites (tertiary alicyclic amines) is 2. The van der Waals surface area contributed by atoms with Crippen LogP contribution in [0.4, 0.5) is 0 Å². The van der Waals surface area contributed by atoms with E-state index in [2.05, 4.69) is 41.0 Å². The fraction of sp³-hybridized carbons (Fsp3) is 0.640. The minimum absolute atomic E-state index is 0.798. The molecule has 4 nitrogen and oxygen atoms in total. The Bertz CT molecular complexity index is 761. The van der Waals surface area contributed by atoms with Crippen molar-refractivity contribution in [3.63, 3.8) is 0 Å². The van der Waals surface area contributed by atoms with Gasteiger partial charge in [0, 0.05) is 23.5 Å². The molecule has 2 aliphatic rings. The maximum atomic E-state index is 5.97.